The maximum absolute atomic E-state index is 9.07. The van der Waals surface area contributed by atoms with Crippen LogP contribution in [0.25, 0.3) is 0 Å². The van der Waals surface area contributed by atoms with E-state index in [1.54, 1.807) is 29.7 Å². The quantitative estimate of drug-likeness (QED) is 0.905. The second-order valence-corrected chi connectivity index (χ2v) is 5.37. The maximum Gasteiger partial charge on any atom is 0.144 e. The summed E-state index contributed by atoms with van der Waals surface area (Å²) in [5, 5.41) is 14.5. The molecule has 2 rings (SSSR count). The molecule has 2 aromatic rings. The molecule has 3 nitrogen and oxygen atoms in total. The van der Waals surface area contributed by atoms with Crippen molar-refractivity contribution in [3.05, 3.63) is 46.3 Å². The fraction of sp³-hybridized carbons (Fsp3) is 0.286. The minimum Gasteiger partial charge on any atom is -0.361 e. The van der Waals surface area contributed by atoms with Gasteiger partial charge in [0.25, 0.3) is 0 Å². The number of thiophene rings is 1. The molecule has 92 valence electrons. The van der Waals surface area contributed by atoms with Crippen molar-refractivity contribution in [2.45, 2.75) is 19.9 Å². The molecule has 1 N–H and O–H groups in total. The SMILES string of the molecule is CC(C)C(Nc1ncccc1C#N)c1cccs1. The minimum absolute atomic E-state index is 0.187. The summed E-state index contributed by atoms with van der Waals surface area (Å²) in [6.07, 6.45) is 1.70. The monoisotopic (exact) mass is 257 g/mol. The van der Waals surface area contributed by atoms with Gasteiger partial charge in [-0.25, -0.2) is 4.98 Å². The Labute approximate surface area is 111 Å². The van der Waals surface area contributed by atoms with E-state index in [2.05, 4.69) is 41.7 Å². The molecule has 0 aliphatic carbocycles. The number of pyridine rings is 1. The molecule has 18 heavy (non-hydrogen) atoms. The van der Waals surface area contributed by atoms with Crippen molar-refractivity contribution in [2.75, 3.05) is 5.32 Å². The van der Waals surface area contributed by atoms with Crippen LogP contribution >= 0.6 is 11.3 Å². The highest BCUT2D eigenvalue weighted by atomic mass is 32.1. The molecule has 1 unspecified atom stereocenters. The number of nitriles is 1. The molecule has 0 saturated heterocycles. The van der Waals surface area contributed by atoms with E-state index in [0.717, 1.165) is 0 Å². The Morgan fingerprint density at radius 3 is 2.78 bits per heavy atom. The van der Waals surface area contributed by atoms with Gasteiger partial charge in [-0.15, -0.1) is 11.3 Å². The predicted molar refractivity (Wildman–Crippen MR) is 74.5 cm³/mol. The minimum atomic E-state index is 0.187. The summed E-state index contributed by atoms with van der Waals surface area (Å²) in [4.78, 5) is 5.52. The highest BCUT2D eigenvalue weighted by Gasteiger charge is 2.18. The summed E-state index contributed by atoms with van der Waals surface area (Å²) in [6.45, 7) is 4.32. The predicted octanol–water partition coefficient (Wildman–Crippen LogP) is 3.82. The fourth-order valence-corrected chi connectivity index (χ4v) is 2.74. The number of hydrogen-bond acceptors (Lipinski definition) is 4. The van der Waals surface area contributed by atoms with Gasteiger partial charge in [0.05, 0.1) is 11.6 Å². The van der Waals surface area contributed by atoms with Crippen molar-refractivity contribution in [1.82, 2.24) is 4.98 Å². The van der Waals surface area contributed by atoms with Gasteiger partial charge in [-0.2, -0.15) is 5.26 Å². The number of aromatic nitrogens is 1. The van der Waals surface area contributed by atoms with Gasteiger partial charge in [0.15, 0.2) is 0 Å². The molecule has 0 bridgehead atoms. The number of hydrogen-bond donors (Lipinski definition) is 1. The van der Waals surface area contributed by atoms with Gasteiger partial charge in [-0.05, 0) is 29.5 Å². The smallest absolute Gasteiger partial charge is 0.144 e. The second kappa shape index (κ2) is 5.65. The first kappa shape index (κ1) is 12.6. The van der Waals surface area contributed by atoms with Crippen molar-refractivity contribution < 1.29 is 0 Å². The van der Waals surface area contributed by atoms with E-state index in [0.29, 0.717) is 17.3 Å². The molecule has 0 radical (unpaired) electrons. The Morgan fingerprint density at radius 1 is 1.33 bits per heavy atom. The largest absolute Gasteiger partial charge is 0.361 e. The zero-order valence-electron chi connectivity index (χ0n) is 10.4. The Balaban J connectivity index is 2.28. The Kier molecular flexibility index (Phi) is 3.96. The van der Waals surface area contributed by atoms with Gasteiger partial charge >= 0.3 is 0 Å². The highest BCUT2D eigenvalue weighted by molar-refractivity contribution is 7.10. The van der Waals surface area contributed by atoms with Crippen molar-refractivity contribution in [2.24, 2.45) is 5.92 Å². The Bertz CT molecular complexity index is 540. The highest BCUT2D eigenvalue weighted by Crippen LogP contribution is 2.29. The van der Waals surface area contributed by atoms with Crippen LogP contribution in [0.15, 0.2) is 35.8 Å². The summed E-state index contributed by atoms with van der Waals surface area (Å²) < 4.78 is 0. The zero-order valence-corrected chi connectivity index (χ0v) is 11.2. The number of rotatable bonds is 4. The molecule has 0 aromatic carbocycles. The molecule has 0 spiro atoms. The van der Waals surface area contributed by atoms with E-state index in [4.69, 9.17) is 5.26 Å². The van der Waals surface area contributed by atoms with Crippen molar-refractivity contribution in [3.8, 4) is 6.07 Å². The van der Waals surface area contributed by atoms with Crippen LogP contribution in [0.2, 0.25) is 0 Å². The van der Waals surface area contributed by atoms with Crippen molar-refractivity contribution in [1.29, 1.82) is 5.26 Å². The lowest BCUT2D eigenvalue weighted by atomic mass is 10.0. The molecule has 0 amide bonds. The average Bonchev–Trinajstić information content (AvgIpc) is 2.89. The average molecular weight is 257 g/mol. The third kappa shape index (κ3) is 2.69. The first-order valence-electron chi connectivity index (χ1n) is 5.87. The Hall–Kier alpha value is -1.86. The molecule has 1 atom stereocenters. The lowest BCUT2D eigenvalue weighted by molar-refractivity contribution is 0.552. The van der Waals surface area contributed by atoms with E-state index >= 15 is 0 Å². The van der Waals surface area contributed by atoms with Crippen LogP contribution < -0.4 is 5.32 Å². The first-order chi connectivity index (χ1) is 8.72. The van der Waals surface area contributed by atoms with Crippen LogP contribution in [0.3, 0.4) is 0 Å². The third-order valence-corrected chi connectivity index (χ3v) is 3.69. The molecule has 2 heterocycles. The van der Waals surface area contributed by atoms with E-state index in [1.165, 1.54) is 4.88 Å². The third-order valence-electron chi connectivity index (χ3n) is 2.74. The molecule has 4 heteroatoms. The number of anilines is 1. The summed E-state index contributed by atoms with van der Waals surface area (Å²) in [6, 6.07) is 10.1. The zero-order chi connectivity index (χ0) is 13.0. The van der Waals surface area contributed by atoms with Gasteiger partial charge in [0.1, 0.15) is 11.9 Å². The van der Waals surface area contributed by atoms with Crippen LogP contribution in [0.4, 0.5) is 5.82 Å². The van der Waals surface area contributed by atoms with E-state index in [9.17, 15) is 0 Å². The van der Waals surface area contributed by atoms with Crippen LogP contribution in [0.5, 0.6) is 0 Å². The maximum atomic E-state index is 9.07. The topological polar surface area (TPSA) is 48.7 Å². The van der Waals surface area contributed by atoms with Gasteiger partial charge in [-0.1, -0.05) is 19.9 Å². The fourth-order valence-electron chi connectivity index (χ4n) is 1.79. The summed E-state index contributed by atoms with van der Waals surface area (Å²) in [5.74, 6) is 1.09. The lowest BCUT2D eigenvalue weighted by Crippen LogP contribution is -2.17. The van der Waals surface area contributed by atoms with Gasteiger partial charge < -0.3 is 5.32 Å². The van der Waals surface area contributed by atoms with Crippen molar-refractivity contribution in [3.63, 3.8) is 0 Å². The number of nitrogens with zero attached hydrogens (tertiary/aromatic N) is 2. The number of nitrogens with one attached hydrogen (secondary N) is 1. The van der Waals surface area contributed by atoms with Gasteiger partial charge in [0, 0.05) is 11.1 Å². The molecule has 0 aliphatic rings. The van der Waals surface area contributed by atoms with E-state index in [-0.39, 0.29) is 6.04 Å². The first-order valence-corrected chi connectivity index (χ1v) is 6.75. The standard InChI is InChI=1S/C14H15N3S/c1-10(2)13(12-6-4-8-18-12)17-14-11(9-15)5-3-7-16-14/h3-8,10,13H,1-2H3,(H,16,17). The molecule has 0 aliphatic heterocycles. The lowest BCUT2D eigenvalue weighted by Gasteiger charge is -2.22. The molecular formula is C14H15N3S. The summed E-state index contributed by atoms with van der Waals surface area (Å²) in [7, 11) is 0. The van der Waals surface area contributed by atoms with Gasteiger partial charge in [0.2, 0.25) is 0 Å². The van der Waals surface area contributed by atoms with Crippen LogP contribution in [0, 0.1) is 17.2 Å². The molecule has 0 fully saturated rings. The van der Waals surface area contributed by atoms with E-state index in [1.807, 2.05) is 6.07 Å². The van der Waals surface area contributed by atoms with Gasteiger partial charge in [-0.3, -0.25) is 0 Å². The molecule has 2 aromatic heterocycles. The van der Waals surface area contributed by atoms with E-state index < -0.39 is 0 Å². The summed E-state index contributed by atoms with van der Waals surface area (Å²) in [5.41, 5.74) is 0.583. The van der Waals surface area contributed by atoms with Crippen LogP contribution in [0.1, 0.15) is 30.3 Å². The van der Waals surface area contributed by atoms with Crippen LogP contribution in [-0.2, 0) is 0 Å². The normalized spacial score (nSPS) is 12.1. The van der Waals surface area contributed by atoms with Crippen LogP contribution in [-0.4, -0.2) is 4.98 Å². The second-order valence-electron chi connectivity index (χ2n) is 4.39. The van der Waals surface area contributed by atoms with Crippen molar-refractivity contribution >= 4 is 17.2 Å². The Morgan fingerprint density at radius 2 is 2.17 bits per heavy atom. The summed E-state index contributed by atoms with van der Waals surface area (Å²) >= 11 is 1.72. The molecule has 0 saturated carbocycles. The molecular weight excluding hydrogens is 242 g/mol.